The van der Waals surface area contributed by atoms with E-state index in [0.29, 0.717) is 24.1 Å². The lowest BCUT2D eigenvalue weighted by atomic mass is 10.1. The first-order valence-corrected chi connectivity index (χ1v) is 25.2. The minimum atomic E-state index is -1.42. The molecule has 0 saturated carbocycles. The van der Waals surface area contributed by atoms with Crippen LogP contribution in [0.25, 0.3) is 10.9 Å². The van der Waals surface area contributed by atoms with Crippen molar-refractivity contribution in [1.82, 2.24) is 37.6 Å². The van der Waals surface area contributed by atoms with Crippen LogP contribution in [-0.4, -0.2) is 158 Å². The standard InChI is InChI=1S/2C18H22N2O6.C17H18N4O6/c1-11-3-2-4-12(9-11)5-7-19-14(22)6-8-20(18(19)25)17-16(24)15(23)13(10-21)26-17;1-11-4-2-3-5-12(11)6-8-19-14(22)7-9-20(18(19)25)17-16(24)15(23)13(10-21)26-17;22-8-12-14(24)15(25)16(27-12)20-6-5-13(23)21(17(20)26)7-11-9-3-1-2-4-10(9)18-19-11/h2-4,6,8-9,13,15-17,21,23-24H,5,7,10H2,1H3;2-5,7,9,13,15-17,21,23-24H,6,8,10H2,1H3;1-6,12,14-16,22,24-25H,7-8H2,(H,18,19)/t2*13-,15?,16+,17-;12-,14?,15+,16-/m111/s1. The Morgan fingerprint density at radius 2 is 0.949 bits per heavy atom. The van der Waals surface area contributed by atoms with Crippen molar-refractivity contribution in [2.75, 3.05) is 19.8 Å². The zero-order chi connectivity index (χ0) is 56.8. The van der Waals surface area contributed by atoms with E-state index in [2.05, 4.69) is 10.2 Å². The Balaban J connectivity index is 0.000000156. The monoisotopic (exact) mass is 1100 g/mol. The van der Waals surface area contributed by atoms with Gasteiger partial charge in [0.15, 0.2) is 18.7 Å². The normalized spacial score (nSPS) is 25.5. The molecule has 3 fully saturated rings. The zero-order valence-corrected chi connectivity index (χ0v) is 42.8. The molecule has 0 amide bonds. The van der Waals surface area contributed by atoms with Gasteiger partial charge in [0.05, 0.1) is 37.6 Å². The summed E-state index contributed by atoms with van der Waals surface area (Å²) in [7, 11) is 0. The SMILES string of the molecule is Cc1cccc(CCn2c(=O)ccn([C@@H]3O[C@H](CO)C(O)[C@@H]3O)c2=O)c1.Cc1ccccc1CCn1c(=O)ccn([C@@H]2O[C@H](CO)C(O)[C@@H]2O)c1=O.O=c1ccn([C@@H]2O[C@H](CO)C(O)[C@@H]2O)c(=O)n1Cc1[nH]nc2ccccc12. The fraction of sp³-hybridized carbons (Fsp3) is 0.415. The van der Waals surface area contributed by atoms with Crippen molar-refractivity contribution in [2.24, 2.45) is 0 Å². The third kappa shape index (κ3) is 12.3. The smallest absolute Gasteiger partial charge is 0.333 e. The van der Waals surface area contributed by atoms with Gasteiger partial charge in [-0.2, -0.15) is 5.10 Å². The maximum absolute atomic E-state index is 12.8. The summed E-state index contributed by atoms with van der Waals surface area (Å²) in [6, 6.07) is 26.4. The van der Waals surface area contributed by atoms with Crippen LogP contribution in [0.5, 0.6) is 0 Å². The van der Waals surface area contributed by atoms with Gasteiger partial charge < -0.3 is 60.2 Å². The quantitative estimate of drug-likeness (QED) is 0.0515. The zero-order valence-electron chi connectivity index (χ0n) is 42.8. The molecule has 4 aromatic heterocycles. The number of hydrogen-bond acceptors (Lipinski definition) is 19. The van der Waals surface area contributed by atoms with Gasteiger partial charge >= 0.3 is 17.1 Å². The van der Waals surface area contributed by atoms with Gasteiger partial charge in [0.1, 0.15) is 54.9 Å². The van der Waals surface area contributed by atoms with E-state index in [1.54, 1.807) is 6.07 Å². The molecule has 422 valence electrons. The van der Waals surface area contributed by atoms with Crippen LogP contribution < -0.4 is 33.7 Å². The number of nitrogens with one attached hydrogen (secondary N) is 1. The first-order valence-electron chi connectivity index (χ1n) is 25.2. The maximum atomic E-state index is 12.8. The minimum Gasteiger partial charge on any atom is -0.394 e. The number of para-hydroxylation sites is 1. The number of rotatable bonds is 14. The van der Waals surface area contributed by atoms with Crippen LogP contribution in [0.4, 0.5) is 0 Å². The van der Waals surface area contributed by atoms with E-state index < -0.39 is 127 Å². The number of nitrogens with zero attached hydrogens (tertiary/aromatic N) is 7. The predicted molar refractivity (Wildman–Crippen MR) is 279 cm³/mol. The van der Waals surface area contributed by atoms with Gasteiger partial charge in [0, 0.05) is 55.3 Å². The molecular weight excluding hydrogens is 1040 g/mol. The van der Waals surface area contributed by atoms with Gasteiger partial charge in [-0.3, -0.25) is 46.9 Å². The molecule has 3 saturated heterocycles. The number of fused-ring (bicyclic) bond motifs is 1. The van der Waals surface area contributed by atoms with E-state index in [1.807, 2.05) is 80.6 Å². The van der Waals surface area contributed by atoms with Crippen LogP contribution in [0.1, 0.15) is 46.6 Å². The van der Waals surface area contributed by atoms with Crippen LogP contribution in [0, 0.1) is 13.8 Å². The summed E-state index contributed by atoms with van der Waals surface area (Å²) < 4.78 is 22.4. The second-order valence-corrected chi connectivity index (χ2v) is 19.2. The molecule has 3 aliphatic rings. The molecule has 0 spiro atoms. The number of aliphatic hydroxyl groups is 9. The molecule has 0 aliphatic carbocycles. The third-order valence-corrected chi connectivity index (χ3v) is 14.1. The van der Waals surface area contributed by atoms with Crippen LogP contribution in [-0.2, 0) is 46.7 Å². The Labute approximate surface area is 447 Å². The molecule has 26 heteroatoms. The first kappa shape index (κ1) is 57.9. The maximum Gasteiger partial charge on any atom is 0.333 e. The van der Waals surface area contributed by atoms with Crippen molar-refractivity contribution in [3.05, 3.63) is 200 Å². The van der Waals surface area contributed by atoms with Crippen LogP contribution in [0.3, 0.4) is 0 Å². The van der Waals surface area contributed by atoms with E-state index in [0.717, 1.165) is 55.0 Å². The number of aromatic nitrogens is 8. The molecule has 26 nitrogen and oxygen atoms in total. The summed E-state index contributed by atoms with van der Waals surface area (Å²) in [4.78, 5) is 74.8. The van der Waals surface area contributed by atoms with E-state index in [1.165, 1.54) is 36.8 Å². The van der Waals surface area contributed by atoms with Crippen molar-refractivity contribution in [2.45, 2.75) is 120 Å². The topological polar surface area (TPSA) is 370 Å². The van der Waals surface area contributed by atoms with Gasteiger partial charge in [0.2, 0.25) is 0 Å². The highest BCUT2D eigenvalue weighted by Gasteiger charge is 2.46. The number of aryl methyl sites for hydroxylation is 4. The van der Waals surface area contributed by atoms with Gasteiger partial charge in [-0.05, 0) is 49.4 Å². The third-order valence-electron chi connectivity index (χ3n) is 14.1. The lowest BCUT2D eigenvalue weighted by molar-refractivity contribution is -0.0556. The van der Waals surface area contributed by atoms with E-state index in [-0.39, 0.29) is 19.6 Å². The highest BCUT2D eigenvalue weighted by molar-refractivity contribution is 5.81. The van der Waals surface area contributed by atoms with Crippen LogP contribution >= 0.6 is 0 Å². The highest BCUT2D eigenvalue weighted by atomic mass is 16.6. The molecule has 12 atom stereocenters. The van der Waals surface area contributed by atoms with Crippen molar-refractivity contribution >= 4 is 10.9 Å². The van der Waals surface area contributed by atoms with Crippen LogP contribution in [0.15, 0.2) is 138 Å². The van der Waals surface area contributed by atoms with Gasteiger partial charge in [-0.1, -0.05) is 72.3 Å². The summed E-state index contributed by atoms with van der Waals surface area (Å²) in [5.41, 5.74) is 2.06. The van der Waals surface area contributed by atoms with Crippen molar-refractivity contribution in [3.63, 3.8) is 0 Å². The minimum absolute atomic E-state index is 0.0478. The Kier molecular flexibility index (Phi) is 18.5. The van der Waals surface area contributed by atoms with Gasteiger partial charge in [-0.25, -0.2) is 14.4 Å². The number of hydrogen-bond donors (Lipinski definition) is 10. The molecule has 10 N–H and O–H groups in total. The Bertz CT molecular complexity index is 3610. The Morgan fingerprint density at radius 1 is 0.506 bits per heavy atom. The van der Waals surface area contributed by atoms with Crippen molar-refractivity contribution in [3.8, 4) is 0 Å². The summed E-state index contributed by atoms with van der Waals surface area (Å²) >= 11 is 0. The fourth-order valence-corrected chi connectivity index (χ4v) is 9.59. The van der Waals surface area contributed by atoms with E-state index in [4.69, 9.17) is 14.2 Å². The summed E-state index contributed by atoms with van der Waals surface area (Å²) in [6.07, 6.45) is -10.0. The van der Waals surface area contributed by atoms with Gasteiger partial charge in [-0.15, -0.1) is 0 Å². The summed E-state index contributed by atoms with van der Waals surface area (Å²) in [5, 5.41) is 95.3. The highest BCUT2D eigenvalue weighted by Crippen LogP contribution is 2.30. The number of aromatic amines is 1. The molecule has 3 aliphatic heterocycles. The molecule has 10 rings (SSSR count). The van der Waals surface area contributed by atoms with Crippen molar-refractivity contribution < 1.29 is 60.2 Å². The number of ether oxygens (including phenoxy) is 3. The average Bonchev–Trinajstić information content (AvgIpc) is 4.30. The summed E-state index contributed by atoms with van der Waals surface area (Å²) in [5.74, 6) is 0. The lowest BCUT2D eigenvalue weighted by Crippen LogP contribution is -2.43. The Hall–Kier alpha value is -7.31. The molecular formula is C53H62N8O18. The average molecular weight is 1100 g/mol. The molecule has 3 aromatic carbocycles. The molecule has 0 bridgehead atoms. The number of H-pyrrole nitrogens is 1. The molecule has 79 heavy (non-hydrogen) atoms. The Morgan fingerprint density at radius 3 is 1.42 bits per heavy atom. The lowest BCUT2D eigenvalue weighted by Gasteiger charge is -2.18. The second kappa shape index (κ2) is 25.2. The second-order valence-electron chi connectivity index (χ2n) is 19.2. The molecule has 0 radical (unpaired) electrons. The largest absolute Gasteiger partial charge is 0.394 e. The first-order chi connectivity index (χ1) is 37.9. The van der Waals surface area contributed by atoms with Crippen LogP contribution in [0.2, 0.25) is 0 Å². The van der Waals surface area contributed by atoms with E-state index >= 15 is 0 Å². The van der Waals surface area contributed by atoms with E-state index in [9.17, 15) is 74.7 Å². The van der Waals surface area contributed by atoms with Gasteiger partial charge in [0.25, 0.3) is 16.7 Å². The molecule has 3 unspecified atom stereocenters. The molecule has 7 heterocycles. The number of benzene rings is 3. The fourth-order valence-electron chi connectivity index (χ4n) is 9.59. The summed E-state index contributed by atoms with van der Waals surface area (Å²) in [6.45, 7) is 2.74. The molecule has 7 aromatic rings. The number of aliphatic hydroxyl groups excluding tert-OH is 9. The van der Waals surface area contributed by atoms with Crippen molar-refractivity contribution in [1.29, 1.82) is 0 Å². The predicted octanol–water partition coefficient (Wildman–Crippen LogP) is -3.11.